The molecule has 1 aliphatic heterocycles. The van der Waals surface area contributed by atoms with Crippen molar-refractivity contribution in [2.45, 2.75) is 49.6 Å². The molecular formula is C32H34N4O8S. The molecule has 1 aliphatic rings. The van der Waals surface area contributed by atoms with E-state index in [4.69, 9.17) is 23.9 Å². The Morgan fingerprint density at radius 1 is 1.02 bits per heavy atom. The van der Waals surface area contributed by atoms with Crippen molar-refractivity contribution < 1.29 is 28.7 Å². The van der Waals surface area contributed by atoms with Crippen LogP contribution >= 0.6 is 11.8 Å². The van der Waals surface area contributed by atoms with Gasteiger partial charge in [0.1, 0.15) is 0 Å². The topological polar surface area (TPSA) is 144 Å². The van der Waals surface area contributed by atoms with E-state index in [0.717, 1.165) is 17.5 Å². The summed E-state index contributed by atoms with van der Waals surface area (Å²) in [6, 6.07) is 15.5. The van der Waals surface area contributed by atoms with Crippen LogP contribution in [0.25, 0.3) is 10.9 Å². The Kier molecular flexibility index (Phi) is 10.4. The van der Waals surface area contributed by atoms with Gasteiger partial charge in [-0.25, -0.2) is 4.98 Å². The molecule has 0 unspecified atom stereocenters. The molecule has 0 fully saturated rings. The van der Waals surface area contributed by atoms with Crippen LogP contribution in [0.5, 0.6) is 23.0 Å². The quantitative estimate of drug-likeness (QED) is 0.0604. The molecule has 0 atom stereocenters. The van der Waals surface area contributed by atoms with Crippen molar-refractivity contribution in [2.75, 3.05) is 27.6 Å². The average Bonchev–Trinajstić information content (AvgIpc) is 3.51. The number of carbonyl (C=O) groups excluding carboxylic acids is 1. The Balaban J connectivity index is 1.18. The smallest absolute Gasteiger partial charge is 0.269 e. The number of non-ortho nitro benzene ring substituents is 1. The monoisotopic (exact) mass is 634 g/mol. The lowest BCUT2D eigenvalue weighted by molar-refractivity contribution is -0.384. The molecule has 4 aromatic rings. The van der Waals surface area contributed by atoms with E-state index < -0.39 is 4.92 Å². The van der Waals surface area contributed by atoms with E-state index in [1.165, 1.54) is 23.9 Å². The van der Waals surface area contributed by atoms with E-state index in [-0.39, 0.29) is 23.9 Å². The molecule has 0 saturated heterocycles. The molecule has 45 heavy (non-hydrogen) atoms. The number of unbranched alkanes of at least 4 members (excludes halogenated alkanes) is 2. The van der Waals surface area contributed by atoms with Crippen LogP contribution in [-0.2, 0) is 23.5 Å². The van der Waals surface area contributed by atoms with Crippen LogP contribution in [0.4, 0.5) is 5.69 Å². The first-order chi connectivity index (χ1) is 21.9. The van der Waals surface area contributed by atoms with Crippen LogP contribution in [0.3, 0.4) is 0 Å². The second kappa shape index (κ2) is 14.8. The molecular weight excluding hydrogens is 600 g/mol. The number of methoxy groups -OCH3 is 2. The number of amides is 1. The molecule has 2 heterocycles. The molecule has 0 radical (unpaired) electrons. The van der Waals surface area contributed by atoms with Crippen molar-refractivity contribution >= 4 is 34.3 Å². The van der Waals surface area contributed by atoms with Gasteiger partial charge in [-0.05, 0) is 48.6 Å². The number of ether oxygens (including phenoxy) is 4. The van der Waals surface area contributed by atoms with E-state index in [2.05, 4.69) is 5.32 Å². The molecule has 1 amide bonds. The van der Waals surface area contributed by atoms with Crippen LogP contribution in [0.15, 0.2) is 64.5 Å². The van der Waals surface area contributed by atoms with Crippen LogP contribution < -0.4 is 29.8 Å². The molecule has 1 N–H and O–H groups in total. The number of carbonyl (C=O) groups is 1. The second-order valence-electron chi connectivity index (χ2n) is 10.4. The lowest BCUT2D eigenvalue weighted by Crippen LogP contribution is -2.25. The number of thioether (sulfide) groups is 1. The lowest BCUT2D eigenvalue weighted by Gasteiger charge is -2.14. The fourth-order valence-corrected chi connectivity index (χ4v) is 5.98. The summed E-state index contributed by atoms with van der Waals surface area (Å²) >= 11 is 1.34. The van der Waals surface area contributed by atoms with Gasteiger partial charge in [0.2, 0.25) is 12.7 Å². The predicted octanol–water partition coefficient (Wildman–Crippen LogP) is 5.26. The van der Waals surface area contributed by atoms with Crippen molar-refractivity contribution in [1.82, 2.24) is 14.9 Å². The number of nitrogens with one attached hydrogen (secondary N) is 1. The number of nitro benzene ring substituents is 1. The third-order valence-electron chi connectivity index (χ3n) is 7.37. The van der Waals surface area contributed by atoms with Gasteiger partial charge in [-0.15, -0.1) is 0 Å². The largest absolute Gasteiger partial charge is 0.493 e. The number of aromatic nitrogens is 2. The van der Waals surface area contributed by atoms with Gasteiger partial charge in [-0.3, -0.25) is 24.3 Å². The summed E-state index contributed by atoms with van der Waals surface area (Å²) in [7, 11) is 3.18. The first kappa shape index (κ1) is 31.6. The normalized spacial score (nSPS) is 11.9. The molecule has 3 aromatic carbocycles. The molecule has 12 nitrogen and oxygen atoms in total. The van der Waals surface area contributed by atoms with Gasteiger partial charge in [-0.1, -0.05) is 36.4 Å². The minimum absolute atomic E-state index is 0.00896. The maximum atomic E-state index is 13.6. The fraction of sp³-hybridized carbons (Fsp3) is 0.344. The summed E-state index contributed by atoms with van der Waals surface area (Å²) in [6.45, 7) is 1.00. The zero-order valence-corrected chi connectivity index (χ0v) is 25.9. The summed E-state index contributed by atoms with van der Waals surface area (Å²) in [5.41, 5.74) is 2.08. The van der Waals surface area contributed by atoms with Crippen molar-refractivity contribution in [3.8, 4) is 23.0 Å². The standard InChI is InChI=1S/C32H34N4O8S/c1-41-26-11-10-21(16-27(26)42-2)12-13-33-30(37)9-4-3-5-14-35-31(38)24-17-28-29(44-20-43-28)18-25(24)34-32(35)45-19-22-7-6-8-23(15-22)36(39)40/h6-8,10-11,15-18H,3-5,9,12-14,19-20H2,1-2H3,(H,33,37). The maximum Gasteiger partial charge on any atom is 0.269 e. The summed E-state index contributed by atoms with van der Waals surface area (Å²) in [5, 5.41) is 15.1. The first-order valence-electron chi connectivity index (χ1n) is 14.5. The highest BCUT2D eigenvalue weighted by molar-refractivity contribution is 7.98. The van der Waals surface area contributed by atoms with E-state index in [1.807, 2.05) is 18.2 Å². The third-order valence-corrected chi connectivity index (χ3v) is 8.42. The second-order valence-corrected chi connectivity index (χ2v) is 11.3. The highest BCUT2D eigenvalue weighted by Gasteiger charge is 2.19. The third kappa shape index (κ3) is 7.85. The lowest BCUT2D eigenvalue weighted by atomic mass is 10.1. The van der Waals surface area contributed by atoms with E-state index in [0.29, 0.717) is 83.6 Å². The molecule has 5 rings (SSSR count). The minimum atomic E-state index is -0.431. The van der Waals surface area contributed by atoms with Crippen molar-refractivity contribution in [3.63, 3.8) is 0 Å². The Bertz CT molecular complexity index is 1760. The van der Waals surface area contributed by atoms with Gasteiger partial charge in [0, 0.05) is 43.5 Å². The zero-order chi connectivity index (χ0) is 31.8. The average molecular weight is 635 g/mol. The number of hydrogen-bond acceptors (Lipinski definition) is 10. The highest BCUT2D eigenvalue weighted by Crippen LogP contribution is 2.35. The molecule has 0 bridgehead atoms. The SMILES string of the molecule is COc1ccc(CCNC(=O)CCCCCn2c(SCc3cccc([N+](=O)[O-])c3)nc3cc4c(cc3c2=O)OCO4)cc1OC. The predicted molar refractivity (Wildman–Crippen MR) is 170 cm³/mol. The van der Waals surface area contributed by atoms with Crippen LogP contribution in [-0.4, -0.2) is 47.9 Å². The summed E-state index contributed by atoms with van der Waals surface area (Å²) in [4.78, 5) is 41.6. The molecule has 0 saturated carbocycles. The summed E-state index contributed by atoms with van der Waals surface area (Å²) in [6.07, 6.45) is 3.13. The molecule has 1 aromatic heterocycles. The van der Waals surface area contributed by atoms with E-state index in [1.54, 1.807) is 43.1 Å². The molecule has 0 spiro atoms. The number of fused-ring (bicyclic) bond motifs is 2. The van der Waals surface area contributed by atoms with Gasteiger partial charge in [0.25, 0.3) is 11.2 Å². The van der Waals surface area contributed by atoms with Crippen LogP contribution in [0.1, 0.15) is 36.8 Å². The number of nitro groups is 1. The van der Waals surface area contributed by atoms with Crippen LogP contribution in [0, 0.1) is 10.1 Å². The highest BCUT2D eigenvalue weighted by atomic mass is 32.2. The summed E-state index contributed by atoms with van der Waals surface area (Å²) in [5.74, 6) is 2.72. The minimum Gasteiger partial charge on any atom is -0.493 e. The van der Waals surface area contributed by atoms with Gasteiger partial charge >= 0.3 is 0 Å². The van der Waals surface area contributed by atoms with Crippen molar-refractivity contribution in [1.29, 1.82) is 0 Å². The fourth-order valence-electron chi connectivity index (χ4n) is 5.01. The molecule has 0 aliphatic carbocycles. The molecule has 13 heteroatoms. The first-order valence-corrected chi connectivity index (χ1v) is 15.5. The maximum absolute atomic E-state index is 13.6. The van der Waals surface area contributed by atoms with Gasteiger partial charge in [0.05, 0.1) is 30.0 Å². The van der Waals surface area contributed by atoms with Crippen molar-refractivity contribution in [3.05, 3.63) is 86.2 Å². The number of nitrogens with zero attached hydrogens (tertiary/aromatic N) is 3. The Morgan fingerprint density at radius 3 is 2.60 bits per heavy atom. The van der Waals surface area contributed by atoms with Crippen molar-refractivity contribution in [2.24, 2.45) is 0 Å². The molecule has 236 valence electrons. The number of hydrogen-bond donors (Lipinski definition) is 1. The van der Waals surface area contributed by atoms with E-state index >= 15 is 0 Å². The summed E-state index contributed by atoms with van der Waals surface area (Å²) < 4.78 is 23.2. The van der Waals surface area contributed by atoms with Gasteiger partial charge in [-0.2, -0.15) is 0 Å². The van der Waals surface area contributed by atoms with Gasteiger partial charge < -0.3 is 24.3 Å². The number of rotatable bonds is 15. The van der Waals surface area contributed by atoms with E-state index in [9.17, 15) is 19.7 Å². The Labute approximate surface area is 263 Å². The van der Waals surface area contributed by atoms with Gasteiger partial charge in [0.15, 0.2) is 28.2 Å². The zero-order valence-electron chi connectivity index (χ0n) is 25.1. The Hall–Kier alpha value is -4.78. The number of benzene rings is 3. The van der Waals surface area contributed by atoms with Crippen LogP contribution in [0.2, 0.25) is 0 Å². The Morgan fingerprint density at radius 2 is 1.82 bits per heavy atom.